The highest BCUT2D eigenvalue weighted by atomic mass is 16.3. The molecule has 0 fully saturated rings. The molecule has 67 heavy (non-hydrogen) atoms. The molecule has 13 aromatic rings. The van der Waals surface area contributed by atoms with Gasteiger partial charge < -0.3 is 8.98 Å². The van der Waals surface area contributed by atoms with Crippen molar-refractivity contribution in [3.05, 3.63) is 167 Å². The van der Waals surface area contributed by atoms with Gasteiger partial charge in [0, 0.05) is 40.8 Å². The number of nitrogens with zero attached hydrogens (tertiary/aromatic N) is 9. The van der Waals surface area contributed by atoms with Gasteiger partial charge in [-0.15, -0.1) is 0 Å². The van der Waals surface area contributed by atoms with Crippen LogP contribution in [0.5, 0.6) is 0 Å². The molecule has 0 bridgehead atoms. The number of aryl methyl sites for hydroxylation is 4. The number of fused-ring (bicyclic) bond motifs is 17. The lowest BCUT2D eigenvalue weighted by molar-refractivity contribution is 0.489. The van der Waals surface area contributed by atoms with Gasteiger partial charge in [-0.1, -0.05) is 88.4 Å². The number of hydrogen-bond acceptors (Lipinski definition) is 5. The number of para-hydroxylation sites is 3. The SMILES string of the molecule is Cc1cccc(C)c1C1C(C)c2c(cc(-n3c4cc5c(cc4n4c6cccc(C)c6nc34)n3c4cccc(C)c4nc3n5-c3cc(C(C)(C)C)ccn3)c3oc4ccccc4c23)-c2nccn21. The lowest BCUT2D eigenvalue weighted by Gasteiger charge is -2.36. The van der Waals surface area contributed by atoms with Crippen molar-refractivity contribution in [2.75, 3.05) is 0 Å². The molecule has 2 unspecified atom stereocenters. The van der Waals surface area contributed by atoms with E-state index >= 15 is 0 Å². The molecule has 2 atom stereocenters. The molecule has 10 heteroatoms. The first-order valence-corrected chi connectivity index (χ1v) is 23.3. The van der Waals surface area contributed by atoms with Crippen molar-refractivity contribution in [2.24, 2.45) is 0 Å². The smallest absolute Gasteiger partial charge is 0.221 e. The standard InChI is InChI=1S/C57H47N9O/c1-30-14-11-15-31(2)47(30)52-34(5)48-37(54-59-24-25-62(52)54)27-44(53-49(48)36-18-9-10-21-45(36)67-53)65-41-29-43-42(28-40(41)63-38-19-12-16-32(3)50(38)60-55(63)65)64-39-20-13-17-33(4)51(39)61-56(64)66(43)46-26-35(22-23-58-46)57(6,7)8/h9-29,34,52H,1-8H3. The molecule has 0 saturated heterocycles. The van der Waals surface area contributed by atoms with Crippen LogP contribution in [-0.4, -0.2) is 42.4 Å². The first-order chi connectivity index (χ1) is 32.5. The second-order valence-electron chi connectivity index (χ2n) is 19.9. The number of rotatable bonds is 3. The molecule has 0 amide bonds. The van der Waals surface area contributed by atoms with E-state index in [0.717, 1.165) is 112 Å². The molecule has 1 aliphatic heterocycles. The fourth-order valence-corrected chi connectivity index (χ4v) is 11.7. The number of pyridine rings is 1. The Kier molecular flexibility index (Phi) is 7.49. The van der Waals surface area contributed by atoms with Crippen molar-refractivity contribution < 1.29 is 4.42 Å². The summed E-state index contributed by atoms with van der Waals surface area (Å²) >= 11 is 0. The predicted octanol–water partition coefficient (Wildman–Crippen LogP) is 13.6. The Morgan fingerprint density at radius 1 is 0.582 bits per heavy atom. The molecule has 10 nitrogen and oxygen atoms in total. The van der Waals surface area contributed by atoms with Gasteiger partial charge in [-0.05, 0) is 121 Å². The number of imidazole rings is 5. The van der Waals surface area contributed by atoms with Gasteiger partial charge in [0.1, 0.15) is 17.2 Å². The highest BCUT2D eigenvalue weighted by molar-refractivity contribution is 6.13. The first kappa shape index (κ1) is 38.3. The maximum absolute atomic E-state index is 7.18. The van der Waals surface area contributed by atoms with Crippen LogP contribution in [0.4, 0.5) is 0 Å². The van der Waals surface area contributed by atoms with Gasteiger partial charge in [0.15, 0.2) is 5.58 Å². The normalized spacial score (nSPS) is 15.5. The van der Waals surface area contributed by atoms with E-state index in [1.807, 2.05) is 12.4 Å². The second kappa shape index (κ2) is 13.1. The lowest BCUT2D eigenvalue weighted by Crippen LogP contribution is -2.25. The van der Waals surface area contributed by atoms with Crippen LogP contribution in [0.15, 0.2) is 132 Å². The molecular formula is C57H47N9O. The van der Waals surface area contributed by atoms with Crippen molar-refractivity contribution in [1.29, 1.82) is 0 Å². The van der Waals surface area contributed by atoms with Crippen molar-refractivity contribution in [3.63, 3.8) is 0 Å². The third kappa shape index (κ3) is 4.99. The van der Waals surface area contributed by atoms with Gasteiger partial charge in [-0.3, -0.25) is 17.9 Å². The summed E-state index contributed by atoms with van der Waals surface area (Å²) in [5.74, 6) is 3.46. The van der Waals surface area contributed by atoms with E-state index in [-0.39, 0.29) is 17.4 Å². The Morgan fingerprint density at radius 2 is 1.21 bits per heavy atom. The maximum atomic E-state index is 7.18. The molecule has 326 valence electrons. The second-order valence-corrected chi connectivity index (χ2v) is 19.9. The zero-order valence-corrected chi connectivity index (χ0v) is 38.7. The quantitative estimate of drug-likeness (QED) is 0.176. The van der Waals surface area contributed by atoms with E-state index in [9.17, 15) is 0 Å². The lowest BCUT2D eigenvalue weighted by atomic mass is 9.78. The summed E-state index contributed by atoms with van der Waals surface area (Å²) in [6, 6.07) is 39.4. The molecule has 6 aromatic carbocycles. The van der Waals surface area contributed by atoms with Gasteiger partial charge in [-0.2, -0.15) is 0 Å². The molecule has 0 N–H and O–H groups in total. The molecule has 8 heterocycles. The molecular weight excluding hydrogens is 827 g/mol. The summed E-state index contributed by atoms with van der Waals surface area (Å²) in [4.78, 5) is 21.2. The van der Waals surface area contributed by atoms with Crippen molar-refractivity contribution in [2.45, 2.75) is 72.8 Å². The molecule has 0 spiro atoms. The van der Waals surface area contributed by atoms with E-state index in [1.54, 1.807) is 0 Å². The van der Waals surface area contributed by atoms with E-state index in [1.165, 1.54) is 27.8 Å². The van der Waals surface area contributed by atoms with Crippen LogP contribution in [0.25, 0.3) is 101 Å². The summed E-state index contributed by atoms with van der Waals surface area (Å²) in [6.45, 7) is 17.9. The monoisotopic (exact) mass is 873 g/mol. The Hall–Kier alpha value is -7.98. The summed E-state index contributed by atoms with van der Waals surface area (Å²) in [5.41, 5.74) is 20.2. The van der Waals surface area contributed by atoms with Crippen LogP contribution < -0.4 is 0 Å². The van der Waals surface area contributed by atoms with E-state index in [2.05, 4.69) is 193 Å². The molecule has 7 aromatic heterocycles. The van der Waals surface area contributed by atoms with Gasteiger partial charge in [0.05, 0.1) is 55.9 Å². The summed E-state index contributed by atoms with van der Waals surface area (Å²) in [5, 5.41) is 2.20. The minimum Gasteiger partial charge on any atom is -0.454 e. The van der Waals surface area contributed by atoms with Crippen LogP contribution in [-0.2, 0) is 5.41 Å². The molecule has 1 aliphatic rings. The summed E-state index contributed by atoms with van der Waals surface area (Å²) < 4.78 is 18.8. The van der Waals surface area contributed by atoms with Gasteiger partial charge in [-0.25, -0.2) is 19.9 Å². The largest absolute Gasteiger partial charge is 0.454 e. The number of furan rings is 1. The average molecular weight is 874 g/mol. The van der Waals surface area contributed by atoms with Crippen LogP contribution in [0.2, 0.25) is 0 Å². The Labute approximate surface area is 385 Å². The van der Waals surface area contributed by atoms with Crippen LogP contribution in [0, 0.1) is 27.7 Å². The highest BCUT2D eigenvalue weighted by Crippen LogP contribution is 2.52. The van der Waals surface area contributed by atoms with Gasteiger partial charge in [0.25, 0.3) is 0 Å². The van der Waals surface area contributed by atoms with Crippen LogP contribution >= 0.6 is 0 Å². The molecule has 14 rings (SSSR count). The molecule has 0 saturated carbocycles. The predicted molar refractivity (Wildman–Crippen MR) is 270 cm³/mol. The van der Waals surface area contributed by atoms with Crippen LogP contribution in [0.3, 0.4) is 0 Å². The fourth-order valence-electron chi connectivity index (χ4n) is 11.7. The summed E-state index contributed by atoms with van der Waals surface area (Å²) in [6.07, 6.45) is 6.04. The van der Waals surface area contributed by atoms with Gasteiger partial charge in [0.2, 0.25) is 11.6 Å². The highest BCUT2D eigenvalue weighted by Gasteiger charge is 2.38. The fraction of sp³-hybridized carbons (Fsp3) is 0.193. The van der Waals surface area contributed by atoms with E-state index < -0.39 is 0 Å². The third-order valence-electron chi connectivity index (χ3n) is 14.9. The maximum Gasteiger partial charge on any atom is 0.221 e. The number of aromatic nitrogens is 9. The zero-order chi connectivity index (χ0) is 45.4. The van der Waals surface area contributed by atoms with Crippen molar-refractivity contribution in [3.8, 4) is 22.9 Å². The van der Waals surface area contributed by atoms with E-state index in [0.29, 0.717) is 0 Å². The van der Waals surface area contributed by atoms with E-state index in [4.69, 9.17) is 24.4 Å². The first-order valence-electron chi connectivity index (χ1n) is 23.3. The Morgan fingerprint density at radius 3 is 1.91 bits per heavy atom. The van der Waals surface area contributed by atoms with Gasteiger partial charge >= 0.3 is 0 Å². The third-order valence-corrected chi connectivity index (χ3v) is 14.9. The zero-order valence-electron chi connectivity index (χ0n) is 38.7. The minimum absolute atomic E-state index is 0.0406. The Balaban J connectivity index is 1.16. The minimum atomic E-state index is -0.0878. The van der Waals surface area contributed by atoms with Crippen molar-refractivity contribution >= 4 is 77.6 Å². The molecule has 0 aliphatic carbocycles. The number of hydrogen-bond donors (Lipinski definition) is 0. The number of benzene rings is 6. The van der Waals surface area contributed by atoms with Crippen LogP contribution in [0.1, 0.15) is 78.6 Å². The topological polar surface area (TPSA) is 88.3 Å². The Bertz CT molecular complexity index is 4270. The average Bonchev–Trinajstić information content (AvgIpc) is 4.17. The molecule has 0 radical (unpaired) electrons. The van der Waals surface area contributed by atoms with Crippen molar-refractivity contribution in [1.82, 2.24) is 42.4 Å². The summed E-state index contributed by atoms with van der Waals surface area (Å²) in [7, 11) is 0.